The van der Waals surface area contributed by atoms with Crippen LogP contribution in [0.3, 0.4) is 0 Å². The molecule has 0 saturated heterocycles. The molecule has 0 spiro atoms. The van der Waals surface area contributed by atoms with Gasteiger partial charge in [-0.1, -0.05) is 20.3 Å². The first-order valence-electron chi connectivity index (χ1n) is 6.53. The minimum absolute atomic E-state index is 0.00773. The average molecular weight is 255 g/mol. The highest BCUT2D eigenvalue weighted by Crippen LogP contribution is 2.58. The molecule has 2 aliphatic carbocycles. The SMILES string of the molecule is CC1(C)[C@H](C(=O)O)[C@@H]1C(=O)NC1CCCC1CO. The molecule has 2 unspecified atom stereocenters. The van der Waals surface area contributed by atoms with E-state index < -0.39 is 23.2 Å². The van der Waals surface area contributed by atoms with E-state index in [4.69, 9.17) is 5.11 Å². The highest BCUT2D eigenvalue weighted by atomic mass is 16.4. The third kappa shape index (κ3) is 2.11. The Morgan fingerprint density at radius 3 is 2.44 bits per heavy atom. The summed E-state index contributed by atoms with van der Waals surface area (Å²) in [5.74, 6) is -1.96. The summed E-state index contributed by atoms with van der Waals surface area (Å²) in [5, 5.41) is 21.2. The Hall–Kier alpha value is -1.10. The van der Waals surface area contributed by atoms with Crippen molar-refractivity contribution in [2.45, 2.75) is 39.2 Å². The minimum Gasteiger partial charge on any atom is -0.481 e. The van der Waals surface area contributed by atoms with E-state index in [0.717, 1.165) is 19.3 Å². The van der Waals surface area contributed by atoms with E-state index in [0.29, 0.717) is 0 Å². The van der Waals surface area contributed by atoms with Gasteiger partial charge in [-0.25, -0.2) is 0 Å². The van der Waals surface area contributed by atoms with E-state index in [2.05, 4.69) is 5.32 Å². The van der Waals surface area contributed by atoms with E-state index in [-0.39, 0.29) is 24.5 Å². The number of carbonyl (C=O) groups is 2. The normalized spacial score (nSPS) is 37.3. The van der Waals surface area contributed by atoms with Gasteiger partial charge >= 0.3 is 5.97 Å². The second kappa shape index (κ2) is 4.53. The highest BCUT2D eigenvalue weighted by molar-refractivity contribution is 5.91. The van der Waals surface area contributed by atoms with Gasteiger partial charge < -0.3 is 15.5 Å². The maximum absolute atomic E-state index is 12.1. The zero-order valence-corrected chi connectivity index (χ0v) is 10.8. The van der Waals surface area contributed by atoms with E-state index in [9.17, 15) is 14.7 Å². The molecule has 18 heavy (non-hydrogen) atoms. The van der Waals surface area contributed by atoms with E-state index >= 15 is 0 Å². The van der Waals surface area contributed by atoms with Crippen LogP contribution in [0, 0.1) is 23.2 Å². The number of aliphatic hydroxyl groups is 1. The Labute approximate surface area is 107 Å². The van der Waals surface area contributed by atoms with Crippen molar-refractivity contribution in [1.29, 1.82) is 0 Å². The number of hydrogen-bond acceptors (Lipinski definition) is 3. The lowest BCUT2D eigenvalue weighted by atomic mass is 10.0. The topological polar surface area (TPSA) is 86.6 Å². The smallest absolute Gasteiger partial charge is 0.307 e. The van der Waals surface area contributed by atoms with Gasteiger partial charge in [0.05, 0.1) is 11.8 Å². The minimum atomic E-state index is -0.898. The molecule has 4 atom stereocenters. The molecule has 5 heteroatoms. The molecule has 0 aliphatic heterocycles. The summed E-state index contributed by atoms with van der Waals surface area (Å²) in [6.45, 7) is 3.71. The van der Waals surface area contributed by atoms with Gasteiger partial charge in [0.2, 0.25) is 5.91 Å². The third-order valence-corrected chi connectivity index (χ3v) is 4.60. The van der Waals surface area contributed by atoms with Crippen LogP contribution in [0.15, 0.2) is 0 Å². The predicted molar refractivity (Wildman–Crippen MR) is 64.8 cm³/mol. The number of rotatable bonds is 4. The second-order valence-electron chi connectivity index (χ2n) is 6.10. The van der Waals surface area contributed by atoms with E-state index in [1.54, 1.807) is 0 Å². The first-order chi connectivity index (χ1) is 8.39. The zero-order chi connectivity index (χ0) is 13.5. The molecule has 0 aromatic rings. The predicted octanol–water partition coefficient (Wildman–Crippen LogP) is 0.620. The number of carbonyl (C=O) groups excluding carboxylic acids is 1. The van der Waals surface area contributed by atoms with Crippen molar-refractivity contribution in [1.82, 2.24) is 5.32 Å². The first-order valence-corrected chi connectivity index (χ1v) is 6.53. The molecule has 1 amide bonds. The Balaban J connectivity index is 1.95. The lowest BCUT2D eigenvalue weighted by Gasteiger charge is -2.19. The summed E-state index contributed by atoms with van der Waals surface area (Å²) >= 11 is 0. The fourth-order valence-corrected chi connectivity index (χ4v) is 3.31. The van der Waals surface area contributed by atoms with Crippen LogP contribution < -0.4 is 5.32 Å². The fraction of sp³-hybridized carbons (Fsp3) is 0.846. The van der Waals surface area contributed by atoms with Gasteiger partial charge in [-0.3, -0.25) is 9.59 Å². The number of carboxylic acids is 1. The van der Waals surface area contributed by atoms with Crippen LogP contribution in [0.25, 0.3) is 0 Å². The summed E-state index contributed by atoms with van der Waals surface area (Å²) in [7, 11) is 0. The molecule has 102 valence electrons. The van der Waals surface area contributed by atoms with Crippen LogP contribution in [-0.2, 0) is 9.59 Å². The maximum atomic E-state index is 12.1. The number of amides is 1. The van der Waals surface area contributed by atoms with Crippen LogP contribution >= 0.6 is 0 Å². The van der Waals surface area contributed by atoms with Crippen LogP contribution in [0.5, 0.6) is 0 Å². The van der Waals surface area contributed by atoms with E-state index in [1.165, 1.54) is 0 Å². The summed E-state index contributed by atoms with van der Waals surface area (Å²) < 4.78 is 0. The third-order valence-electron chi connectivity index (χ3n) is 4.60. The van der Waals surface area contributed by atoms with Gasteiger partial charge in [-0.2, -0.15) is 0 Å². The number of aliphatic carboxylic acids is 1. The lowest BCUT2D eigenvalue weighted by Crippen LogP contribution is -2.40. The van der Waals surface area contributed by atoms with Crippen molar-refractivity contribution in [3.05, 3.63) is 0 Å². The molecule has 0 heterocycles. The van der Waals surface area contributed by atoms with Crippen molar-refractivity contribution in [2.75, 3.05) is 6.61 Å². The van der Waals surface area contributed by atoms with Gasteiger partial charge in [0.15, 0.2) is 0 Å². The van der Waals surface area contributed by atoms with Crippen molar-refractivity contribution in [2.24, 2.45) is 23.2 Å². The Morgan fingerprint density at radius 2 is 1.94 bits per heavy atom. The maximum Gasteiger partial charge on any atom is 0.307 e. The van der Waals surface area contributed by atoms with Crippen LogP contribution in [0.2, 0.25) is 0 Å². The monoisotopic (exact) mass is 255 g/mol. The van der Waals surface area contributed by atoms with Crippen LogP contribution in [0.4, 0.5) is 0 Å². The zero-order valence-electron chi connectivity index (χ0n) is 10.8. The summed E-state index contributed by atoms with van der Waals surface area (Å²) in [5.41, 5.74) is -0.455. The average Bonchev–Trinajstić information content (AvgIpc) is 2.66. The van der Waals surface area contributed by atoms with Crippen molar-refractivity contribution in [3.63, 3.8) is 0 Å². The summed E-state index contributed by atoms with van der Waals surface area (Å²) in [6.07, 6.45) is 2.81. The molecular formula is C13H21NO4. The van der Waals surface area contributed by atoms with Crippen molar-refractivity contribution < 1.29 is 19.8 Å². The largest absolute Gasteiger partial charge is 0.481 e. The van der Waals surface area contributed by atoms with Crippen LogP contribution in [0.1, 0.15) is 33.1 Å². The number of nitrogens with one attached hydrogen (secondary N) is 1. The Bertz CT molecular complexity index is 366. The summed E-state index contributed by atoms with van der Waals surface area (Å²) in [4.78, 5) is 23.1. The molecule has 3 N–H and O–H groups in total. The van der Waals surface area contributed by atoms with Gasteiger partial charge in [0.1, 0.15) is 0 Å². The molecular weight excluding hydrogens is 234 g/mol. The lowest BCUT2D eigenvalue weighted by molar-refractivity contribution is -0.140. The molecule has 5 nitrogen and oxygen atoms in total. The van der Waals surface area contributed by atoms with Crippen molar-refractivity contribution in [3.8, 4) is 0 Å². The van der Waals surface area contributed by atoms with Crippen LogP contribution in [-0.4, -0.2) is 34.7 Å². The quantitative estimate of drug-likeness (QED) is 0.687. The summed E-state index contributed by atoms with van der Waals surface area (Å²) in [6, 6.07) is 0.00773. The molecule has 2 fully saturated rings. The number of aliphatic hydroxyl groups excluding tert-OH is 1. The molecule has 0 aromatic heterocycles. The molecule has 0 bridgehead atoms. The first kappa shape index (κ1) is 13.3. The molecule has 2 rings (SSSR count). The van der Waals surface area contributed by atoms with Crippen molar-refractivity contribution >= 4 is 11.9 Å². The highest BCUT2D eigenvalue weighted by Gasteiger charge is 2.66. The second-order valence-corrected chi connectivity index (χ2v) is 6.10. The van der Waals surface area contributed by atoms with Gasteiger partial charge in [-0.05, 0) is 18.3 Å². The molecule has 2 saturated carbocycles. The number of carboxylic acid groups (broad SMARTS) is 1. The number of hydrogen-bond donors (Lipinski definition) is 3. The molecule has 0 radical (unpaired) electrons. The fourth-order valence-electron chi connectivity index (χ4n) is 3.31. The molecule has 0 aromatic carbocycles. The van der Waals surface area contributed by atoms with Gasteiger partial charge in [-0.15, -0.1) is 0 Å². The standard InChI is InChI=1S/C13H21NO4/c1-13(2)9(10(13)12(17)18)11(16)14-8-5-3-4-7(8)6-15/h7-10,15H,3-6H2,1-2H3,(H,14,16)(H,17,18)/t7?,8?,9-,10+/m1/s1. The Kier molecular flexibility index (Phi) is 3.36. The van der Waals surface area contributed by atoms with Gasteiger partial charge in [0.25, 0.3) is 0 Å². The van der Waals surface area contributed by atoms with Gasteiger partial charge in [0, 0.05) is 18.6 Å². The molecule has 2 aliphatic rings. The Morgan fingerprint density at radius 1 is 1.28 bits per heavy atom. The van der Waals surface area contributed by atoms with E-state index in [1.807, 2.05) is 13.8 Å².